The molecule has 0 saturated heterocycles. The lowest BCUT2D eigenvalue weighted by Gasteiger charge is -2.15. The highest BCUT2D eigenvalue weighted by atomic mass is 32.2. The monoisotopic (exact) mass is 264 g/mol. The molecule has 100 valence electrons. The third-order valence-electron chi connectivity index (χ3n) is 3.08. The van der Waals surface area contributed by atoms with Gasteiger partial charge in [0.05, 0.1) is 24.9 Å². The first-order valence-electron chi connectivity index (χ1n) is 5.92. The van der Waals surface area contributed by atoms with E-state index in [2.05, 4.69) is 0 Å². The number of hydrogen-bond acceptors (Lipinski definition) is 5. The number of ether oxygens (including phenoxy) is 1. The summed E-state index contributed by atoms with van der Waals surface area (Å²) in [5.74, 6) is -0.313. The van der Waals surface area contributed by atoms with Gasteiger partial charge in [-0.2, -0.15) is 8.42 Å². The van der Waals surface area contributed by atoms with Crippen molar-refractivity contribution in [3.05, 3.63) is 0 Å². The highest BCUT2D eigenvalue weighted by Crippen LogP contribution is 2.37. The Balaban J connectivity index is 2.65. The Morgan fingerprint density at radius 2 is 1.94 bits per heavy atom. The number of carbonyl (C=O) groups excluding carboxylic acids is 1. The molecule has 1 fully saturated rings. The molecule has 1 rings (SSSR count). The maximum atomic E-state index is 11.7. The van der Waals surface area contributed by atoms with Gasteiger partial charge in [-0.3, -0.25) is 8.98 Å². The van der Waals surface area contributed by atoms with Crippen LogP contribution in [0.2, 0.25) is 0 Å². The van der Waals surface area contributed by atoms with Gasteiger partial charge < -0.3 is 4.74 Å². The van der Waals surface area contributed by atoms with Gasteiger partial charge in [0, 0.05) is 0 Å². The van der Waals surface area contributed by atoms with Crippen molar-refractivity contribution in [2.45, 2.75) is 39.2 Å². The smallest absolute Gasteiger partial charge is 0.309 e. The summed E-state index contributed by atoms with van der Waals surface area (Å²) < 4.78 is 32.0. The van der Waals surface area contributed by atoms with Crippen LogP contribution in [0.1, 0.15) is 33.1 Å². The van der Waals surface area contributed by atoms with Crippen LogP contribution in [-0.4, -0.2) is 33.4 Å². The minimum atomic E-state index is -3.45. The lowest BCUT2D eigenvalue weighted by Crippen LogP contribution is -2.21. The van der Waals surface area contributed by atoms with Crippen molar-refractivity contribution in [1.82, 2.24) is 0 Å². The van der Waals surface area contributed by atoms with Crippen LogP contribution in [0.25, 0.3) is 0 Å². The molecule has 1 saturated carbocycles. The van der Waals surface area contributed by atoms with Crippen molar-refractivity contribution in [3.8, 4) is 0 Å². The van der Waals surface area contributed by atoms with Crippen molar-refractivity contribution in [3.63, 3.8) is 0 Å². The maximum Gasteiger partial charge on any atom is 0.309 e. The van der Waals surface area contributed by atoms with Crippen molar-refractivity contribution in [1.29, 1.82) is 0 Å². The SMILES string of the molecule is CCOC(=O)C1CC(OS(C)(=O)=O)CC1CC. The Hall–Kier alpha value is -0.620. The highest BCUT2D eigenvalue weighted by Gasteiger charge is 2.40. The van der Waals surface area contributed by atoms with Gasteiger partial charge in [0.1, 0.15) is 0 Å². The predicted octanol–water partition coefficient (Wildman–Crippen LogP) is 1.33. The van der Waals surface area contributed by atoms with Crippen molar-refractivity contribution >= 4 is 16.1 Å². The van der Waals surface area contributed by atoms with E-state index in [9.17, 15) is 13.2 Å². The average molecular weight is 264 g/mol. The van der Waals surface area contributed by atoms with Crippen LogP contribution >= 0.6 is 0 Å². The van der Waals surface area contributed by atoms with E-state index in [4.69, 9.17) is 8.92 Å². The fraction of sp³-hybridized carbons (Fsp3) is 0.909. The molecule has 0 aliphatic heterocycles. The molecule has 1 aliphatic carbocycles. The van der Waals surface area contributed by atoms with Crippen molar-refractivity contribution in [2.75, 3.05) is 12.9 Å². The third-order valence-corrected chi connectivity index (χ3v) is 3.70. The minimum absolute atomic E-state index is 0.154. The first kappa shape index (κ1) is 14.4. The van der Waals surface area contributed by atoms with Crippen LogP contribution in [-0.2, 0) is 23.8 Å². The number of rotatable bonds is 5. The van der Waals surface area contributed by atoms with Crippen LogP contribution in [0.15, 0.2) is 0 Å². The van der Waals surface area contributed by atoms with Gasteiger partial charge in [0.25, 0.3) is 10.1 Å². The molecule has 0 radical (unpaired) electrons. The lowest BCUT2D eigenvalue weighted by atomic mass is 9.94. The third kappa shape index (κ3) is 4.27. The second kappa shape index (κ2) is 5.82. The van der Waals surface area contributed by atoms with Gasteiger partial charge in [-0.05, 0) is 25.7 Å². The molecule has 17 heavy (non-hydrogen) atoms. The fourth-order valence-corrected chi connectivity index (χ4v) is 3.04. The molecule has 0 heterocycles. The first-order valence-corrected chi connectivity index (χ1v) is 7.73. The summed E-state index contributed by atoms with van der Waals surface area (Å²) in [7, 11) is -3.45. The molecule has 3 atom stereocenters. The summed E-state index contributed by atoms with van der Waals surface area (Å²) in [6.45, 7) is 4.10. The molecule has 0 spiro atoms. The summed E-state index contributed by atoms with van der Waals surface area (Å²) in [6.07, 6.45) is 2.51. The summed E-state index contributed by atoms with van der Waals surface area (Å²) in [4.78, 5) is 11.7. The van der Waals surface area contributed by atoms with E-state index in [1.54, 1.807) is 6.92 Å². The Kier molecular flexibility index (Phi) is 4.94. The fourth-order valence-electron chi connectivity index (χ4n) is 2.39. The molecule has 0 aromatic heterocycles. The van der Waals surface area contributed by atoms with Crippen LogP contribution in [0.5, 0.6) is 0 Å². The Labute approximate surface area is 103 Å². The van der Waals surface area contributed by atoms with E-state index in [0.29, 0.717) is 19.4 Å². The molecule has 6 heteroatoms. The van der Waals surface area contributed by atoms with E-state index >= 15 is 0 Å². The van der Waals surface area contributed by atoms with E-state index in [-0.39, 0.29) is 23.9 Å². The van der Waals surface area contributed by atoms with Crippen LogP contribution in [0, 0.1) is 11.8 Å². The predicted molar refractivity (Wildman–Crippen MR) is 62.9 cm³/mol. The zero-order valence-electron chi connectivity index (χ0n) is 10.5. The standard InChI is InChI=1S/C11H20O5S/c1-4-8-6-9(16-17(3,13)14)7-10(8)11(12)15-5-2/h8-10H,4-7H2,1-3H3. The molecule has 5 nitrogen and oxygen atoms in total. The molecule has 0 aromatic rings. The van der Waals surface area contributed by atoms with E-state index in [1.165, 1.54) is 0 Å². The van der Waals surface area contributed by atoms with Gasteiger partial charge in [0.15, 0.2) is 0 Å². The average Bonchev–Trinajstić information content (AvgIpc) is 2.58. The van der Waals surface area contributed by atoms with Gasteiger partial charge in [-0.25, -0.2) is 0 Å². The number of esters is 1. The lowest BCUT2D eigenvalue weighted by molar-refractivity contribution is -0.149. The van der Waals surface area contributed by atoms with Gasteiger partial charge in [0.2, 0.25) is 0 Å². The van der Waals surface area contributed by atoms with E-state index in [1.807, 2.05) is 6.92 Å². The Morgan fingerprint density at radius 1 is 1.29 bits per heavy atom. The minimum Gasteiger partial charge on any atom is -0.466 e. The Bertz CT molecular complexity index is 362. The zero-order valence-corrected chi connectivity index (χ0v) is 11.3. The van der Waals surface area contributed by atoms with E-state index in [0.717, 1.165) is 12.7 Å². The molecule has 1 aliphatic rings. The van der Waals surface area contributed by atoms with E-state index < -0.39 is 10.1 Å². The summed E-state index contributed by atoms with van der Waals surface area (Å²) in [5.41, 5.74) is 0. The number of carbonyl (C=O) groups is 1. The Morgan fingerprint density at radius 3 is 2.41 bits per heavy atom. The second-order valence-corrected chi connectivity index (χ2v) is 6.02. The number of hydrogen-bond donors (Lipinski definition) is 0. The van der Waals surface area contributed by atoms with Crippen LogP contribution in [0.3, 0.4) is 0 Å². The highest BCUT2D eigenvalue weighted by molar-refractivity contribution is 7.86. The molecular formula is C11H20O5S. The zero-order chi connectivity index (χ0) is 13.1. The van der Waals surface area contributed by atoms with Gasteiger partial charge in [-0.1, -0.05) is 13.3 Å². The maximum absolute atomic E-state index is 11.7. The molecule has 0 aromatic carbocycles. The van der Waals surface area contributed by atoms with Crippen molar-refractivity contribution in [2.24, 2.45) is 11.8 Å². The summed E-state index contributed by atoms with van der Waals surface area (Å²) >= 11 is 0. The second-order valence-electron chi connectivity index (χ2n) is 4.42. The van der Waals surface area contributed by atoms with Crippen LogP contribution in [0.4, 0.5) is 0 Å². The largest absolute Gasteiger partial charge is 0.466 e. The van der Waals surface area contributed by atoms with Gasteiger partial charge in [-0.15, -0.1) is 0 Å². The van der Waals surface area contributed by atoms with Crippen LogP contribution < -0.4 is 0 Å². The topological polar surface area (TPSA) is 69.7 Å². The van der Waals surface area contributed by atoms with Crippen molar-refractivity contribution < 1.29 is 22.1 Å². The normalized spacial score (nSPS) is 29.2. The summed E-state index contributed by atoms with van der Waals surface area (Å²) in [5, 5.41) is 0. The molecular weight excluding hydrogens is 244 g/mol. The molecule has 0 amide bonds. The van der Waals surface area contributed by atoms with Gasteiger partial charge >= 0.3 is 5.97 Å². The summed E-state index contributed by atoms with van der Waals surface area (Å²) in [6, 6.07) is 0. The first-order chi connectivity index (χ1) is 7.87. The molecule has 0 N–H and O–H groups in total. The molecule has 0 bridgehead atoms. The quantitative estimate of drug-likeness (QED) is 0.553. The molecule has 3 unspecified atom stereocenters.